The third-order valence-corrected chi connectivity index (χ3v) is 7.00. The number of rotatable bonds is 8. The van der Waals surface area contributed by atoms with E-state index in [-0.39, 0.29) is 19.6 Å². The Labute approximate surface area is 216 Å². The summed E-state index contributed by atoms with van der Waals surface area (Å²) in [6.45, 7) is 1.23. The number of piperidine rings is 1. The second-order valence-corrected chi connectivity index (χ2v) is 10.0. The zero-order valence-corrected chi connectivity index (χ0v) is 21.3. The predicted molar refractivity (Wildman–Crippen MR) is 127 cm³/mol. The summed E-state index contributed by atoms with van der Waals surface area (Å²) in [5, 5.41) is 17.2. The minimum Gasteiger partial charge on any atom is -0.481 e. The average molecular weight is 543 g/mol. The summed E-state index contributed by atoms with van der Waals surface area (Å²) in [6, 6.07) is 2.65. The highest BCUT2D eigenvalue weighted by Crippen LogP contribution is 2.40. The molecule has 2 aromatic rings. The first kappa shape index (κ1) is 27.6. The number of aryl methyl sites for hydroxylation is 2. The van der Waals surface area contributed by atoms with Crippen molar-refractivity contribution in [2.75, 3.05) is 25.0 Å². The second-order valence-electron chi connectivity index (χ2n) is 10.0. The van der Waals surface area contributed by atoms with E-state index in [1.807, 2.05) is 6.92 Å². The molecule has 10 nitrogen and oxygen atoms in total. The SMILES string of the molecule is CCc1nc(-c2nnn(C)c2COC(=O)N(C)C2CC(F)(F)C2)ccc1N1C[C@@H](CC(=O)O)CC(F)(F)C1. The number of nitrogens with zero attached hydrogens (tertiary/aromatic N) is 6. The molecule has 1 aliphatic heterocycles. The molecule has 1 saturated carbocycles. The van der Waals surface area contributed by atoms with Gasteiger partial charge in [-0.3, -0.25) is 4.79 Å². The molecule has 2 aromatic heterocycles. The molecule has 38 heavy (non-hydrogen) atoms. The normalized spacial score (nSPS) is 20.6. The van der Waals surface area contributed by atoms with Crippen molar-refractivity contribution in [2.45, 2.75) is 63.5 Å². The summed E-state index contributed by atoms with van der Waals surface area (Å²) in [5.41, 5.74) is 2.14. The summed E-state index contributed by atoms with van der Waals surface area (Å²) in [4.78, 5) is 30.8. The summed E-state index contributed by atoms with van der Waals surface area (Å²) < 4.78 is 61.9. The Kier molecular flexibility index (Phi) is 7.53. The van der Waals surface area contributed by atoms with Gasteiger partial charge in [-0.25, -0.2) is 32.0 Å². The summed E-state index contributed by atoms with van der Waals surface area (Å²) in [7, 11) is 3.01. The van der Waals surface area contributed by atoms with Gasteiger partial charge in [0.05, 0.1) is 30.0 Å². The quantitative estimate of drug-likeness (QED) is 0.502. The molecule has 0 radical (unpaired) electrons. The van der Waals surface area contributed by atoms with Gasteiger partial charge in [-0.15, -0.1) is 5.10 Å². The number of aliphatic carboxylic acids is 1. The van der Waals surface area contributed by atoms with Crippen LogP contribution in [0.4, 0.5) is 28.0 Å². The van der Waals surface area contributed by atoms with Crippen molar-refractivity contribution in [2.24, 2.45) is 13.0 Å². The lowest BCUT2D eigenvalue weighted by Crippen LogP contribution is -2.51. The molecule has 4 rings (SSSR count). The van der Waals surface area contributed by atoms with Crippen LogP contribution in [0.15, 0.2) is 12.1 Å². The maximum absolute atomic E-state index is 14.4. The van der Waals surface area contributed by atoms with E-state index in [2.05, 4.69) is 15.3 Å². The van der Waals surface area contributed by atoms with Crippen LogP contribution in [-0.2, 0) is 29.6 Å². The minimum absolute atomic E-state index is 0.169. The highest BCUT2D eigenvalue weighted by Gasteiger charge is 2.48. The molecule has 0 aromatic carbocycles. The van der Waals surface area contributed by atoms with Crippen LogP contribution in [-0.4, -0.2) is 80.1 Å². The molecule has 2 aliphatic rings. The van der Waals surface area contributed by atoms with E-state index in [0.717, 1.165) is 4.90 Å². The number of carbonyl (C=O) groups is 2. The summed E-state index contributed by atoms with van der Waals surface area (Å²) in [5.74, 6) is -7.63. The van der Waals surface area contributed by atoms with E-state index in [9.17, 15) is 27.2 Å². The van der Waals surface area contributed by atoms with Crippen LogP contribution in [0.2, 0.25) is 0 Å². The smallest absolute Gasteiger partial charge is 0.410 e. The molecule has 1 saturated heterocycles. The van der Waals surface area contributed by atoms with Crippen molar-refractivity contribution in [1.82, 2.24) is 24.9 Å². The monoisotopic (exact) mass is 542 g/mol. The number of amides is 1. The van der Waals surface area contributed by atoms with Gasteiger partial charge in [-0.05, 0) is 24.5 Å². The van der Waals surface area contributed by atoms with Crippen molar-refractivity contribution in [3.63, 3.8) is 0 Å². The van der Waals surface area contributed by atoms with Crippen LogP contribution in [0.3, 0.4) is 0 Å². The third-order valence-electron chi connectivity index (χ3n) is 7.00. The number of carboxylic acid groups (broad SMARTS) is 1. The van der Waals surface area contributed by atoms with Crippen LogP contribution in [0.1, 0.15) is 44.0 Å². The molecule has 1 N–H and O–H groups in total. The van der Waals surface area contributed by atoms with Crippen LogP contribution in [0.25, 0.3) is 11.4 Å². The maximum Gasteiger partial charge on any atom is 0.410 e. The number of anilines is 1. The average Bonchev–Trinajstić information content (AvgIpc) is 3.18. The number of carbonyl (C=O) groups excluding carboxylic acids is 1. The summed E-state index contributed by atoms with van der Waals surface area (Å²) in [6.07, 6.45) is -1.99. The van der Waals surface area contributed by atoms with Gasteiger partial charge in [0.1, 0.15) is 18.0 Å². The fraction of sp³-hybridized carbons (Fsp3) is 0.625. The first-order valence-corrected chi connectivity index (χ1v) is 12.3. The third kappa shape index (κ3) is 5.99. The largest absolute Gasteiger partial charge is 0.481 e. The number of ether oxygens (including phenoxy) is 1. The standard InChI is InChI=1S/C24H30F4N6O4/c1-4-16-18(34-11-14(7-20(35)36)8-24(27,28)13-34)6-5-17(29-16)21-19(33(3)31-30-21)12-38-22(37)32(2)15-9-23(25,26)10-15/h5-6,14-15H,4,7-13H2,1-3H3,(H,35,36)/t14-/m0/s1. The molecule has 3 heterocycles. The Bertz CT molecular complexity index is 1200. The lowest BCUT2D eigenvalue weighted by atomic mass is 9.87. The Morgan fingerprint density at radius 1 is 1.18 bits per heavy atom. The van der Waals surface area contributed by atoms with E-state index in [1.54, 1.807) is 19.2 Å². The molecule has 14 heteroatoms. The van der Waals surface area contributed by atoms with Crippen LogP contribution >= 0.6 is 0 Å². The maximum atomic E-state index is 14.4. The highest BCUT2D eigenvalue weighted by atomic mass is 19.3. The highest BCUT2D eigenvalue weighted by molar-refractivity contribution is 5.69. The van der Waals surface area contributed by atoms with Crippen molar-refractivity contribution in [3.8, 4) is 11.4 Å². The molecule has 1 aliphatic carbocycles. The number of hydrogen-bond acceptors (Lipinski definition) is 7. The van der Waals surface area contributed by atoms with Crippen LogP contribution in [0, 0.1) is 5.92 Å². The number of hydrogen-bond donors (Lipinski definition) is 1. The van der Waals surface area contributed by atoms with Gasteiger partial charge < -0.3 is 19.6 Å². The predicted octanol–water partition coefficient (Wildman–Crippen LogP) is 3.74. The van der Waals surface area contributed by atoms with Crippen LogP contribution < -0.4 is 4.90 Å². The zero-order chi connectivity index (χ0) is 27.8. The fourth-order valence-corrected chi connectivity index (χ4v) is 4.97. The van der Waals surface area contributed by atoms with Gasteiger partial charge in [-0.2, -0.15) is 0 Å². The van der Waals surface area contributed by atoms with Gasteiger partial charge in [0.15, 0.2) is 0 Å². The van der Waals surface area contributed by atoms with Crippen molar-refractivity contribution in [1.29, 1.82) is 0 Å². The van der Waals surface area contributed by atoms with Gasteiger partial charge >= 0.3 is 12.1 Å². The van der Waals surface area contributed by atoms with E-state index in [0.29, 0.717) is 34.9 Å². The molecule has 1 amide bonds. The van der Waals surface area contributed by atoms with E-state index in [4.69, 9.17) is 9.84 Å². The van der Waals surface area contributed by atoms with E-state index in [1.165, 1.54) is 16.6 Å². The Balaban J connectivity index is 1.51. The first-order valence-electron chi connectivity index (χ1n) is 12.3. The Morgan fingerprint density at radius 3 is 2.53 bits per heavy atom. The topological polar surface area (TPSA) is 114 Å². The Morgan fingerprint density at radius 2 is 1.89 bits per heavy atom. The van der Waals surface area contributed by atoms with Crippen molar-refractivity contribution in [3.05, 3.63) is 23.5 Å². The molecule has 0 bridgehead atoms. The second kappa shape index (κ2) is 10.4. The minimum atomic E-state index is -3.04. The lowest BCUT2D eigenvalue weighted by Gasteiger charge is -2.40. The Hall–Kier alpha value is -3.45. The molecule has 1 atom stereocenters. The van der Waals surface area contributed by atoms with Crippen LogP contribution in [0.5, 0.6) is 0 Å². The zero-order valence-electron chi connectivity index (χ0n) is 21.3. The van der Waals surface area contributed by atoms with Gasteiger partial charge in [0.2, 0.25) is 0 Å². The fourth-order valence-electron chi connectivity index (χ4n) is 4.97. The molecular weight excluding hydrogens is 512 g/mol. The lowest BCUT2D eigenvalue weighted by molar-refractivity contribution is -0.139. The van der Waals surface area contributed by atoms with Gasteiger partial charge in [0, 0.05) is 45.9 Å². The molecule has 0 unspecified atom stereocenters. The molecular formula is C24H30F4N6O4. The number of alkyl halides is 4. The molecule has 0 spiro atoms. The summed E-state index contributed by atoms with van der Waals surface area (Å²) >= 11 is 0. The first-order chi connectivity index (χ1) is 17.8. The number of carboxylic acids is 1. The molecule has 208 valence electrons. The van der Waals surface area contributed by atoms with Crippen molar-refractivity contribution < 1.29 is 37.0 Å². The number of pyridine rings is 1. The number of aromatic nitrogens is 4. The van der Waals surface area contributed by atoms with E-state index >= 15 is 0 Å². The number of halogens is 4. The van der Waals surface area contributed by atoms with E-state index < -0.39 is 61.7 Å². The van der Waals surface area contributed by atoms with Gasteiger partial charge in [0.25, 0.3) is 11.8 Å². The molecule has 2 fully saturated rings. The van der Waals surface area contributed by atoms with Crippen molar-refractivity contribution >= 4 is 17.7 Å². The van der Waals surface area contributed by atoms with Gasteiger partial charge in [-0.1, -0.05) is 12.1 Å².